The fourth-order valence-corrected chi connectivity index (χ4v) is 1.86. The van der Waals surface area contributed by atoms with Gasteiger partial charge in [0.25, 0.3) is 5.91 Å². The number of aryl methyl sites for hydroxylation is 1. The molecule has 2 aromatic rings. The SMILES string of the molecule is Cn1cc(C(=O)NCc2ccc(COCC(F)(F)F)cc2)cn1. The molecule has 1 amide bonds. The molecule has 2 rings (SSSR count). The maximum absolute atomic E-state index is 12.0. The highest BCUT2D eigenvalue weighted by atomic mass is 19.4. The van der Waals surface area contributed by atoms with Gasteiger partial charge >= 0.3 is 6.18 Å². The number of alkyl halides is 3. The van der Waals surface area contributed by atoms with Crippen molar-refractivity contribution in [2.75, 3.05) is 6.61 Å². The summed E-state index contributed by atoms with van der Waals surface area (Å²) in [4.78, 5) is 11.8. The molecule has 0 bridgehead atoms. The molecule has 1 aromatic carbocycles. The first-order chi connectivity index (χ1) is 10.8. The van der Waals surface area contributed by atoms with Crippen molar-refractivity contribution < 1.29 is 22.7 Å². The van der Waals surface area contributed by atoms with Crippen molar-refractivity contribution in [3.05, 3.63) is 53.3 Å². The fourth-order valence-electron chi connectivity index (χ4n) is 1.86. The standard InChI is InChI=1S/C15H16F3N3O2/c1-21-8-13(7-20-21)14(22)19-6-11-2-4-12(5-3-11)9-23-10-15(16,17)18/h2-5,7-8H,6,9-10H2,1H3,(H,19,22). The van der Waals surface area contributed by atoms with Gasteiger partial charge in [-0.05, 0) is 11.1 Å². The Labute approximate surface area is 131 Å². The molecule has 124 valence electrons. The van der Waals surface area contributed by atoms with Crippen molar-refractivity contribution in [3.63, 3.8) is 0 Å². The largest absolute Gasteiger partial charge is 0.411 e. The molecule has 0 aliphatic rings. The lowest BCUT2D eigenvalue weighted by Crippen LogP contribution is -2.22. The van der Waals surface area contributed by atoms with Gasteiger partial charge in [0.15, 0.2) is 0 Å². The van der Waals surface area contributed by atoms with Crippen molar-refractivity contribution in [1.29, 1.82) is 0 Å². The minimum absolute atomic E-state index is 0.109. The summed E-state index contributed by atoms with van der Waals surface area (Å²) in [5.74, 6) is -0.240. The first-order valence-electron chi connectivity index (χ1n) is 6.82. The molecule has 0 saturated carbocycles. The number of carbonyl (C=O) groups excluding carboxylic acids is 1. The summed E-state index contributed by atoms with van der Waals surface area (Å²) < 4.78 is 42.0. The first-order valence-corrected chi connectivity index (χ1v) is 6.82. The molecule has 0 atom stereocenters. The van der Waals surface area contributed by atoms with Gasteiger partial charge in [-0.25, -0.2) is 0 Å². The van der Waals surface area contributed by atoms with Crippen LogP contribution in [0, 0.1) is 0 Å². The molecule has 0 radical (unpaired) electrons. The summed E-state index contributed by atoms with van der Waals surface area (Å²) in [6.07, 6.45) is -1.25. The number of carbonyl (C=O) groups is 1. The van der Waals surface area contributed by atoms with Crippen molar-refractivity contribution in [2.45, 2.75) is 19.3 Å². The van der Waals surface area contributed by atoms with Gasteiger partial charge in [-0.15, -0.1) is 0 Å². The third-order valence-electron chi connectivity index (χ3n) is 2.98. The zero-order valence-corrected chi connectivity index (χ0v) is 12.4. The van der Waals surface area contributed by atoms with E-state index in [2.05, 4.69) is 15.2 Å². The van der Waals surface area contributed by atoms with Crippen LogP contribution in [0.5, 0.6) is 0 Å². The normalized spacial score (nSPS) is 11.5. The lowest BCUT2D eigenvalue weighted by atomic mass is 10.1. The zero-order chi connectivity index (χ0) is 16.9. The number of aromatic nitrogens is 2. The summed E-state index contributed by atoms with van der Waals surface area (Å²) in [6, 6.07) is 6.80. The van der Waals surface area contributed by atoms with Crippen molar-refractivity contribution >= 4 is 5.91 Å². The second kappa shape index (κ2) is 7.28. The maximum Gasteiger partial charge on any atom is 0.411 e. The van der Waals surface area contributed by atoms with E-state index >= 15 is 0 Å². The molecule has 0 unspecified atom stereocenters. The van der Waals surface area contributed by atoms with Crippen LogP contribution in [-0.4, -0.2) is 28.5 Å². The molecular weight excluding hydrogens is 311 g/mol. The Morgan fingerprint density at radius 3 is 2.48 bits per heavy atom. The van der Waals surface area contributed by atoms with Crippen LogP contribution >= 0.6 is 0 Å². The number of hydrogen-bond donors (Lipinski definition) is 1. The van der Waals surface area contributed by atoms with E-state index in [0.717, 1.165) is 5.56 Å². The molecule has 0 saturated heterocycles. The van der Waals surface area contributed by atoms with E-state index in [1.54, 1.807) is 37.5 Å². The summed E-state index contributed by atoms with van der Waals surface area (Å²) in [7, 11) is 1.72. The predicted octanol–water partition coefficient (Wildman–Crippen LogP) is 2.43. The Morgan fingerprint density at radius 2 is 1.91 bits per heavy atom. The number of ether oxygens (including phenoxy) is 1. The third-order valence-corrected chi connectivity index (χ3v) is 2.98. The molecule has 1 heterocycles. The van der Waals surface area contributed by atoms with Crippen molar-refractivity contribution in [2.24, 2.45) is 7.05 Å². The lowest BCUT2D eigenvalue weighted by molar-refractivity contribution is -0.176. The molecule has 23 heavy (non-hydrogen) atoms. The van der Waals surface area contributed by atoms with Gasteiger partial charge in [-0.2, -0.15) is 18.3 Å². The van der Waals surface area contributed by atoms with E-state index in [0.29, 0.717) is 17.7 Å². The monoisotopic (exact) mass is 327 g/mol. The number of hydrogen-bond acceptors (Lipinski definition) is 3. The van der Waals surface area contributed by atoms with Crippen LogP contribution in [0.2, 0.25) is 0 Å². The first kappa shape index (κ1) is 17.0. The highest BCUT2D eigenvalue weighted by molar-refractivity contribution is 5.93. The Kier molecular flexibility index (Phi) is 5.38. The number of nitrogens with one attached hydrogen (secondary N) is 1. The lowest BCUT2D eigenvalue weighted by Gasteiger charge is -2.08. The second-order valence-corrected chi connectivity index (χ2v) is 5.01. The van der Waals surface area contributed by atoms with Crippen LogP contribution in [0.25, 0.3) is 0 Å². The Hall–Kier alpha value is -2.35. The van der Waals surface area contributed by atoms with E-state index in [1.807, 2.05) is 0 Å². The maximum atomic E-state index is 12.0. The average Bonchev–Trinajstić information content (AvgIpc) is 2.91. The molecule has 0 aliphatic carbocycles. The topological polar surface area (TPSA) is 56.2 Å². The van der Waals surface area contributed by atoms with Crippen LogP contribution in [0.15, 0.2) is 36.7 Å². The quantitative estimate of drug-likeness (QED) is 0.886. The molecule has 1 N–H and O–H groups in total. The summed E-state index contributed by atoms with van der Waals surface area (Å²) >= 11 is 0. The van der Waals surface area contributed by atoms with Gasteiger partial charge in [0.05, 0.1) is 18.4 Å². The van der Waals surface area contributed by atoms with E-state index in [1.165, 1.54) is 10.9 Å². The molecular formula is C15H16F3N3O2. The highest BCUT2D eigenvalue weighted by Gasteiger charge is 2.27. The van der Waals surface area contributed by atoms with Gasteiger partial charge in [-0.3, -0.25) is 9.48 Å². The molecule has 8 heteroatoms. The predicted molar refractivity (Wildman–Crippen MR) is 76.5 cm³/mol. The zero-order valence-electron chi connectivity index (χ0n) is 12.4. The number of benzene rings is 1. The fraction of sp³-hybridized carbons (Fsp3) is 0.333. The van der Waals surface area contributed by atoms with Crippen LogP contribution in [0.4, 0.5) is 13.2 Å². The van der Waals surface area contributed by atoms with Crippen LogP contribution < -0.4 is 5.32 Å². The Balaban J connectivity index is 1.79. The van der Waals surface area contributed by atoms with Gasteiger partial charge in [0, 0.05) is 19.8 Å². The minimum Gasteiger partial charge on any atom is -0.367 e. The van der Waals surface area contributed by atoms with E-state index < -0.39 is 12.8 Å². The molecule has 5 nitrogen and oxygen atoms in total. The average molecular weight is 327 g/mol. The Morgan fingerprint density at radius 1 is 1.26 bits per heavy atom. The van der Waals surface area contributed by atoms with Gasteiger partial charge < -0.3 is 10.1 Å². The number of halogens is 3. The minimum atomic E-state index is -4.32. The van der Waals surface area contributed by atoms with E-state index in [-0.39, 0.29) is 12.5 Å². The number of nitrogens with zero attached hydrogens (tertiary/aromatic N) is 2. The molecule has 0 aliphatic heterocycles. The summed E-state index contributed by atoms with van der Waals surface area (Å²) in [5.41, 5.74) is 1.93. The number of rotatable bonds is 6. The number of amides is 1. The third kappa shape index (κ3) is 5.74. The van der Waals surface area contributed by atoms with Gasteiger partial charge in [0.2, 0.25) is 0 Å². The smallest absolute Gasteiger partial charge is 0.367 e. The van der Waals surface area contributed by atoms with Crippen LogP contribution in [0.1, 0.15) is 21.5 Å². The van der Waals surface area contributed by atoms with E-state index in [9.17, 15) is 18.0 Å². The molecule has 0 fully saturated rings. The highest BCUT2D eigenvalue weighted by Crippen LogP contribution is 2.15. The summed E-state index contributed by atoms with van der Waals surface area (Å²) in [6.45, 7) is -1.06. The van der Waals surface area contributed by atoms with Gasteiger partial charge in [0.1, 0.15) is 6.61 Å². The molecule has 1 aromatic heterocycles. The van der Waals surface area contributed by atoms with Crippen LogP contribution in [0.3, 0.4) is 0 Å². The van der Waals surface area contributed by atoms with E-state index in [4.69, 9.17) is 0 Å². The van der Waals surface area contributed by atoms with Gasteiger partial charge in [-0.1, -0.05) is 24.3 Å². The Bertz CT molecular complexity index is 651. The van der Waals surface area contributed by atoms with Crippen molar-refractivity contribution in [1.82, 2.24) is 15.1 Å². The van der Waals surface area contributed by atoms with Crippen LogP contribution in [-0.2, 0) is 24.9 Å². The second-order valence-electron chi connectivity index (χ2n) is 5.01. The summed E-state index contributed by atoms with van der Waals surface area (Å²) in [5, 5.41) is 6.65. The van der Waals surface area contributed by atoms with Crippen molar-refractivity contribution in [3.8, 4) is 0 Å². The molecule has 0 spiro atoms.